The van der Waals surface area contributed by atoms with Crippen molar-refractivity contribution in [1.29, 1.82) is 0 Å². The first-order chi connectivity index (χ1) is 4.81. The van der Waals surface area contributed by atoms with Gasteiger partial charge in [-0.2, -0.15) is 0 Å². The fraction of sp³-hybridized carbons (Fsp3) is 0.833. The standard InChI is InChI=1S/C6H14N2O2/c1-7-3-2-4-8-6(10)5-9/h7,9H,2-5H2,1H3,(H,8,10). The van der Waals surface area contributed by atoms with E-state index in [4.69, 9.17) is 5.11 Å². The van der Waals surface area contributed by atoms with Crippen LogP contribution in [0.3, 0.4) is 0 Å². The summed E-state index contributed by atoms with van der Waals surface area (Å²) >= 11 is 0. The van der Waals surface area contributed by atoms with Gasteiger partial charge in [0, 0.05) is 6.54 Å². The van der Waals surface area contributed by atoms with Gasteiger partial charge in [0.25, 0.3) is 0 Å². The molecule has 0 bridgehead atoms. The predicted octanol–water partition coefficient (Wildman–Crippen LogP) is -1.30. The Morgan fingerprint density at radius 3 is 2.70 bits per heavy atom. The second-order valence-electron chi connectivity index (χ2n) is 1.97. The van der Waals surface area contributed by atoms with E-state index in [2.05, 4.69) is 10.6 Å². The van der Waals surface area contributed by atoms with Gasteiger partial charge in [-0.1, -0.05) is 0 Å². The molecule has 0 aromatic carbocycles. The Labute approximate surface area is 60.6 Å². The van der Waals surface area contributed by atoms with Crippen molar-refractivity contribution in [3.05, 3.63) is 0 Å². The summed E-state index contributed by atoms with van der Waals surface area (Å²) in [5, 5.41) is 13.7. The number of amides is 1. The van der Waals surface area contributed by atoms with Crippen LogP contribution in [-0.4, -0.2) is 37.8 Å². The smallest absolute Gasteiger partial charge is 0.245 e. The van der Waals surface area contributed by atoms with Crippen molar-refractivity contribution < 1.29 is 9.90 Å². The van der Waals surface area contributed by atoms with E-state index in [0.29, 0.717) is 6.54 Å². The van der Waals surface area contributed by atoms with Crippen LogP contribution >= 0.6 is 0 Å². The Hall–Kier alpha value is -0.610. The molecule has 0 aliphatic carbocycles. The summed E-state index contributed by atoms with van der Waals surface area (Å²) in [5.74, 6) is -0.309. The van der Waals surface area contributed by atoms with Crippen molar-refractivity contribution in [1.82, 2.24) is 10.6 Å². The molecule has 0 fully saturated rings. The molecule has 0 heterocycles. The molecule has 0 rings (SSSR count). The maximum absolute atomic E-state index is 10.4. The minimum atomic E-state index is -0.417. The second kappa shape index (κ2) is 6.51. The number of carbonyl (C=O) groups is 1. The number of hydrogen-bond acceptors (Lipinski definition) is 3. The average molecular weight is 146 g/mol. The van der Waals surface area contributed by atoms with E-state index in [1.807, 2.05) is 7.05 Å². The zero-order valence-corrected chi connectivity index (χ0v) is 6.18. The summed E-state index contributed by atoms with van der Waals surface area (Å²) in [6.45, 7) is 1.09. The largest absolute Gasteiger partial charge is 0.387 e. The van der Waals surface area contributed by atoms with Crippen LogP contribution in [0.2, 0.25) is 0 Å². The quantitative estimate of drug-likeness (QED) is 0.423. The molecule has 0 aliphatic rings. The highest BCUT2D eigenvalue weighted by Crippen LogP contribution is 1.71. The Morgan fingerprint density at radius 1 is 1.50 bits per heavy atom. The second-order valence-corrected chi connectivity index (χ2v) is 1.97. The van der Waals surface area contributed by atoms with E-state index < -0.39 is 6.61 Å². The van der Waals surface area contributed by atoms with Crippen LogP contribution in [0, 0.1) is 0 Å². The van der Waals surface area contributed by atoms with Crippen LogP contribution in [0.5, 0.6) is 0 Å². The van der Waals surface area contributed by atoms with Crippen molar-refractivity contribution in [3.63, 3.8) is 0 Å². The summed E-state index contributed by atoms with van der Waals surface area (Å²) in [4.78, 5) is 10.4. The van der Waals surface area contributed by atoms with E-state index in [1.165, 1.54) is 0 Å². The molecule has 0 aliphatic heterocycles. The molecule has 4 nitrogen and oxygen atoms in total. The lowest BCUT2D eigenvalue weighted by Gasteiger charge is -2.01. The summed E-state index contributed by atoms with van der Waals surface area (Å²) in [6.07, 6.45) is 0.891. The molecular weight excluding hydrogens is 132 g/mol. The highest BCUT2D eigenvalue weighted by atomic mass is 16.3. The monoisotopic (exact) mass is 146 g/mol. The molecule has 0 aromatic rings. The van der Waals surface area contributed by atoms with Gasteiger partial charge in [0.2, 0.25) is 5.91 Å². The highest BCUT2D eigenvalue weighted by molar-refractivity contribution is 5.76. The van der Waals surface area contributed by atoms with Crippen molar-refractivity contribution in [2.24, 2.45) is 0 Å². The molecule has 0 spiro atoms. The SMILES string of the molecule is CNCCCNC(=O)CO. The van der Waals surface area contributed by atoms with Gasteiger partial charge in [-0.25, -0.2) is 0 Å². The number of hydrogen-bond donors (Lipinski definition) is 3. The minimum Gasteiger partial charge on any atom is -0.387 e. The van der Waals surface area contributed by atoms with Gasteiger partial charge in [-0.3, -0.25) is 4.79 Å². The van der Waals surface area contributed by atoms with E-state index in [1.54, 1.807) is 0 Å². The fourth-order valence-corrected chi connectivity index (χ4v) is 0.549. The lowest BCUT2D eigenvalue weighted by Crippen LogP contribution is -2.28. The van der Waals surface area contributed by atoms with Gasteiger partial charge in [0.15, 0.2) is 0 Å². The zero-order valence-electron chi connectivity index (χ0n) is 6.18. The molecule has 3 N–H and O–H groups in total. The molecule has 0 atom stereocenters. The first kappa shape index (κ1) is 9.39. The maximum Gasteiger partial charge on any atom is 0.245 e. The number of aliphatic hydroxyl groups excluding tert-OH is 1. The highest BCUT2D eigenvalue weighted by Gasteiger charge is 1.94. The molecular formula is C6H14N2O2. The van der Waals surface area contributed by atoms with Gasteiger partial charge in [-0.05, 0) is 20.0 Å². The van der Waals surface area contributed by atoms with Crippen molar-refractivity contribution >= 4 is 5.91 Å². The third-order valence-corrected chi connectivity index (χ3v) is 1.07. The third-order valence-electron chi connectivity index (χ3n) is 1.07. The number of nitrogens with one attached hydrogen (secondary N) is 2. The van der Waals surface area contributed by atoms with Crippen LogP contribution in [0.25, 0.3) is 0 Å². The Kier molecular flexibility index (Phi) is 6.11. The van der Waals surface area contributed by atoms with Gasteiger partial charge in [0.1, 0.15) is 6.61 Å². The van der Waals surface area contributed by atoms with Crippen molar-refractivity contribution in [3.8, 4) is 0 Å². The predicted molar refractivity (Wildman–Crippen MR) is 38.6 cm³/mol. The Bertz CT molecular complexity index is 95.7. The molecule has 0 radical (unpaired) electrons. The lowest BCUT2D eigenvalue weighted by molar-refractivity contribution is -0.123. The molecule has 4 heteroatoms. The number of aliphatic hydroxyl groups is 1. The maximum atomic E-state index is 10.4. The van der Waals surface area contributed by atoms with E-state index in [-0.39, 0.29) is 5.91 Å². The molecule has 1 amide bonds. The molecule has 0 aromatic heterocycles. The minimum absolute atomic E-state index is 0.309. The number of carbonyl (C=O) groups excluding carboxylic acids is 1. The summed E-state index contributed by atoms with van der Waals surface area (Å²) in [5.41, 5.74) is 0. The van der Waals surface area contributed by atoms with Gasteiger partial charge < -0.3 is 15.7 Å². The van der Waals surface area contributed by atoms with Gasteiger partial charge in [0.05, 0.1) is 0 Å². The summed E-state index contributed by atoms with van der Waals surface area (Å²) < 4.78 is 0. The first-order valence-corrected chi connectivity index (χ1v) is 3.33. The third kappa shape index (κ3) is 5.53. The number of rotatable bonds is 5. The van der Waals surface area contributed by atoms with Crippen LogP contribution in [-0.2, 0) is 4.79 Å². The van der Waals surface area contributed by atoms with Gasteiger partial charge in [-0.15, -0.1) is 0 Å². The molecule has 60 valence electrons. The molecule has 10 heavy (non-hydrogen) atoms. The molecule has 0 saturated heterocycles. The molecule has 0 unspecified atom stereocenters. The van der Waals surface area contributed by atoms with Crippen molar-refractivity contribution in [2.45, 2.75) is 6.42 Å². The molecule has 0 saturated carbocycles. The zero-order chi connectivity index (χ0) is 7.82. The summed E-state index contributed by atoms with van der Waals surface area (Å²) in [7, 11) is 1.86. The van der Waals surface area contributed by atoms with E-state index in [9.17, 15) is 4.79 Å². The van der Waals surface area contributed by atoms with Crippen LogP contribution in [0.15, 0.2) is 0 Å². The first-order valence-electron chi connectivity index (χ1n) is 3.33. The van der Waals surface area contributed by atoms with Crippen LogP contribution in [0.1, 0.15) is 6.42 Å². The fourth-order valence-electron chi connectivity index (χ4n) is 0.549. The lowest BCUT2D eigenvalue weighted by atomic mass is 10.4. The van der Waals surface area contributed by atoms with Crippen LogP contribution in [0.4, 0.5) is 0 Å². The van der Waals surface area contributed by atoms with E-state index >= 15 is 0 Å². The normalized spacial score (nSPS) is 9.40. The van der Waals surface area contributed by atoms with E-state index in [0.717, 1.165) is 13.0 Å². The van der Waals surface area contributed by atoms with Crippen LogP contribution < -0.4 is 10.6 Å². The van der Waals surface area contributed by atoms with Crippen molar-refractivity contribution in [2.75, 3.05) is 26.7 Å². The summed E-state index contributed by atoms with van der Waals surface area (Å²) in [6, 6.07) is 0. The Morgan fingerprint density at radius 2 is 2.20 bits per heavy atom. The average Bonchev–Trinajstić information content (AvgIpc) is 1.98. The Balaban J connectivity index is 2.96. The topological polar surface area (TPSA) is 61.4 Å². The van der Waals surface area contributed by atoms with Gasteiger partial charge >= 0.3 is 0 Å².